The second-order valence-electron chi connectivity index (χ2n) is 6.43. The van der Waals surface area contributed by atoms with Gasteiger partial charge in [-0.1, -0.05) is 0 Å². The van der Waals surface area contributed by atoms with Crippen molar-refractivity contribution in [1.82, 2.24) is 0 Å². The Balaban J connectivity index is 1.83. The monoisotopic (exact) mass is 294 g/mol. The van der Waals surface area contributed by atoms with Crippen LogP contribution in [0.2, 0.25) is 0 Å². The van der Waals surface area contributed by atoms with Crippen LogP contribution >= 0.6 is 0 Å². The summed E-state index contributed by atoms with van der Waals surface area (Å²) < 4.78 is 16.0. The molecule has 0 aromatic rings. The fourth-order valence-corrected chi connectivity index (χ4v) is 3.60. The Bertz CT molecular complexity index is 552. The van der Waals surface area contributed by atoms with E-state index in [9.17, 15) is 14.4 Å². The first kappa shape index (κ1) is 14.1. The molecule has 2 saturated heterocycles. The average Bonchev–Trinajstić information content (AvgIpc) is 2.99. The van der Waals surface area contributed by atoms with Crippen LogP contribution in [0.25, 0.3) is 0 Å². The molecule has 2 fully saturated rings. The largest absolute Gasteiger partial charge is 0.462 e. The van der Waals surface area contributed by atoms with Crippen LogP contribution in [0.15, 0.2) is 12.2 Å². The van der Waals surface area contributed by atoms with Crippen LogP contribution in [0, 0.1) is 11.8 Å². The molecule has 0 radical (unpaired) electrons. The molecule has 3 heterocycles. The fraction of sp³-hybridized carbons (Fsp3) is 0.667. The van der Waals surface area contributed by atoms with Crippen molar-refractivity contribution in [2.75, 3.05) is 0 Å². The van der Waals surface area contributed by atoms with Crippen molar-refractivity contribution in [1.29, 1.82) is 0 Å². The summed E-state index contributed by atoms with van der Waals surface area (Å²) >= 11 is 0. The van der Waals surface area contributed by atoms with Crippen LogP contribution in [-0.2, 0) is 28.6 Å². The highest BCUT2D eigenvalue weighted by molar-refractivity contribution is 5.87. The van der Waals surface area contributed by atoms with Crippen molar-refractivity contribution >= 4 is 17.9 Å². The molecule has 21 heavy (non-hydrogen) atoms. The van der Waals surface area contributed by atoms with Gasteiger partial charge in [-0.05, 0) is 26.8 Å². The van der Waals surface area contributed by atoms with Crippen molar-refractivity contribution in [3.8, 4) is 0 Å². The van der Waals surface area contributed by atoms with E-state index in [-0.39, 0.29) is 24.4 Å². The van der Waals surface area contributed by atoms with Crippen LogP contribution in [0.1, 0.15) is 33.6 Å². The molecule has 6 heteroatoms. The molecule has 3 aliphatic rings. The normalized spacial score (nSPS) is 45.7. The molecular formula is C15H18O6. The average molecular weight is 294 g/mol. The molecule has 5 unspecified atom stereocenters. The minimum atomic E-state index is -0.974. The summed E-state index contributed by atoms with van der Waals surface area (Å²) in [5.74, 6) is -1.86. The number of hydrogen-bond acceptors (Lipinski definition) is 6. The molecular weight excluding hydrogens is 276 g/mol. The maximum atomic E-state index is 12.3. The zero-order chi connectivity index (χ0) is 15.4. The number of hydrogen-bond donors (Lipinski definition) is 0. The standard InChI is InChI=1S/C15H18O6/c1-8-9(6-12(17)19-8)15(3)7-10(13(18)21-15)14(2)5-4-11(16)20-14/h4-5,8-10H,6-7H2,1-3H3. The Kier molecular flexibility index (Phi) is 2.90. The molecule has 114 valence electrons. The summed E-state index contributed by atoms with van der Waals surface area (Å²) in [7, 11) is 0. The van der Waals surface area contributed by atoms with Gasteiger partial charge in [-0.2, -0.15) is 0 Å². The van der Waals surface area contributed by atoms with Gasteiger partial charge in [0.25, 0.3) is 0 Å². The zero-order valence-corrected chi connectivity index (χ0v) is 12.3. The van der Waals surface area contributed by atoms with Crippen LogP contribution in [0.3, 0.4) is 0 Å². The first-order valence-corrected chi connectivity index (χ1v) is 7.08. The number of carbonyl (C=O) groups excluding carboxylic acids is 3. The van der Waals surface area contributed by atoms with Gasteiger partial charge in [-0.25, -0.2) is 4.79 Å². The van der Waals surface area contributed by atoms with Gasteiger partial charge in [0.15, 0.2) is 0 Å². The van der Waals surface area contributed by atoms with Gasteiger partial charge in [-0.15, -0.1) is 0 Å². The highest BCUT2D eigenvalue weighted by Gasteiger charge is 2.59. The molecule has 0 aliphatic carbocycles. The highest BCUT2D eigenvalue weighted by atomic mass is 16.6. The molecule has 0 aromatic carbocycles. The number of rotatable bonds is 2. The number of esters is 3. The van der Waals surface area contributed by atoms with Gasteiger partial charge < -0.3 is 14.2 Å². The van der Waals surface area contributed by atoms with Gasteiger partial charge in [0.2, 0.25) is 0 Å². The number of cyclic esters (lactones) is 3. The quantitative estimate of drug-likeness (QED) is 0.561. The van der Waals surface area contributed by atoms with Gasteiger partial charge in [-0.3, -0.25) is 9.59 Å². The van der Waals surface area contributed by atoms with Crippen LogP contribution < -0.4 is 0 Å². The smallest absolute Gasteiger partial charge is 0.331 e. The summed E-state index contributed by atoms with van der Waals surface area (Å²) in [6.07, 6.45) is 3.28. The fourth-order valence-electron chi connectivity index (χ4n) is 3.60. The highest BCUT2D eigenvalue weighted by Crippen LogP contribution is 2.47. The maximum Gasteiger partial charge on any atom is 0.331 e. The number of ether oxygens (including phenoxy) is 3. The van der Waals surface area contributed by atoms with Gasteiger partial charge in [0.05, 0.1) is 6.42 Å². The molecule has 0 spiro atoms. The van der Waals surface area contributed by atoms with E-state index in [1.807, 2.05) is 6.92 Å². The van der Waals surface area contributed by atoms with Crippen molar-refractivity contribution < 1.29 is 28.6 Å². The zero-order valence-electron chi connectivity index (χ0n) is 12.3. The van der Waals surface area contributed by atoms with E-state index in [0.717, 1.165) is 0 Å². The maximum absolute atomic E-state index is 12.3. The van der Waals surface area contributed by atoms with E-state index < -0.39 is 29.1 Å². The summed E-state index contributed by atoms with van der Waals surface area (Å²) in [6.45, 7) is 5.32. The first-order chi connectivity index (χ1) is 9.73. The molecule has 5 atom stereocenters. The van der Waals surface area contributed by atoms with Gasteiger partial charge in [0, 0.05) is 18.4 Å². The Morgan fingerprint density at radius 1 is 1.19 bits per heavy atom. The van der Waals surface area contributed by atoms with Crippen LogP contribution in [0.5, 0.6) is 0 Å². The molecule has 0 bridgehead atoms. The summed E-state index contributed by atoms with van der Waals surface area (Å²) in [4.78, 5) is 35.0. The summed E-state index contributed by atoms with van der Waals surface area (Å²) in [5.41, 5.74) is -1.75. The van der Waals surface area contributed by atoms with Crippen LogP contribution in [0.4, 0.5) is 0 Å². The van der Waals surface area contributed by atoms with Gasteiger partial charge >= 0.3 is 17.9 Å². The van der Waals surface area contributed by atoms with E-state index >= 15 is 0 Å². The third kappa shape index (κ3) is 2.13. The Labute approximate surface area is 122 Å². The summed E-state index contributed by atoms with van der Waals surface area (Å²) in [6, 6.07) is 0. The van der Waals surface area contributed by atoms with E-state index in [1.165, 1.54) is 6.08 Å². The summed E-state index contributed by atoms with van der Waals surface area (Å²) in [5, 5.41) is 0. The van der Waals surface area contributed by atoms with E-state index in [4.69, 9.17) is 14.2 Å². The topological polar surface area (TPSA) is 78.9 Å². The lowest BCUT2D eigenvalue weighted by Crippen LogP contribution is -2.40. The lowest BCUT2D eigenvalue weighted by Gasteiger charge is -2.31. The minimum absolute atomic E-state index is 0.177. The van der Waals surface area contributed by atoms with Gasteiger partial charge in [0.1, 0.15) is 23.2 Å². The van der Waals surface area contributed by atoms with E-state index in [1.54, 1.807) is 19.9 Å². The minimum Gasteiger partial charge on any atom is -0.462 e. The van der Waals surface area contributed by atoms with Crippen molar-refractivity contribution in [2.24, 2.45) is 11.8 Å². The first-order valence-electron chi connectivity index (χ1n) is 7.08. The predicted octanol–water partition coefficient (Wildman–Crippen LogP) is 1.13. The molecule has 6 nitrogen and oxygen atoms in total. The second-order valence-corrected chi connectivity index (χ2v) is 6.43. The molecule has 3 rings (SSSR count). The molecule has 0 saturated carbocycles. The Morgan fingerprint density at radius 2 is 1.90 bits per heavy atom. The van der Waals surface area contributed by atoms with Crippen molar-refractivity contribution in [3.05, 3.63) is 12.2 Å². The van der Waals surface area contributed by atoms with E-state index in [2.05, 4.69) is 0 Å². The van der Waals surface area contributed by atoms with E-state index in [0.29, 0.717) is 6.42 Å². The molecule has 0 N–H and O–H groups in total. The third-order valence-corrected chi connectivity index (χ3v) is 4.85. The third-order valence-electron chi connectivity index (χ3n) is 4.85. The molecule has 3 aliphatic heterocycles. The predicted molar refractivity (Wildman–Crippen MR) is 69.9 cm³/mol. The molecule has 0 amide bonds. The Morgan fingerprint density at radius 3 is 2.43 bits per heavy atom. The van der Waals surface area contributed by atoms with Crippen molar-refractivity contribution in [2.45, 2.75) is 50.9 Å². The second kappa shape index (κ2) is 4.32. The SMILES string of the molecule is CC1OC(=O)CC1C1(C)CC(C2(C)C=CC(=O)O2)C(=O)O1. The lowest BCUT2D eigenvalue weighted by atomic mass is 9.76. The van der Waals surface area contributed by atoms with Crippen molar-refractivity contribution in [3.63, 3.8) is 0 Å². The Hall–Kier alpha value is -1.85. The van der Waals surface area contributed by atoms with Crippen LogP contribution in [-0.4, -0.2) is 35.2 Å². The lowest BCUT2D eigenvalue weighted by molar-refractivity contribution is -0.160. The molecule has 0 aromatic heterocycles. The number of carbonyl (C=O) groups is 3.